The van der Waals surface area contributed by atoms with Crippen LogP contribution in [0.1, 0.15) is 16.8 Å². The lowest BCUT2D eigenvalue weighted by molar-refractivity contribution is -0.141. The van der Waals surface area contributed by atoms with Crippen LogP contribution in [0.5, 0.6) is 0 Å². The van der Waals surface area contributed by atoms with Crippen molar-refractivity contribution >= 4 is 22.4 Å². The number of amides is 1. The number of alkyl halides is 3. The fraction of sp³-hybridized carbons (Fsp3) is 0.353. The molecule has 1 aliphatic heterocycles. The molecule has 0 fully saturated rings. The van der Waals surface area contributed by atoms with E-state index in [9.17, 15) is 18.0 Å². The lowest BCUT2D eigenvalue weighted by Crippen LogP contribution is -2.45. The Morgan fingerprint density at radius 2 is 2.12 bits per heavy atom. The first-order chi connectivity index (χ1) is 11.3. The van der Waals surface area contributed by atoms with Crippen molar-refractivity contribution in [3.8, 4) is 0 Å². The summed E-state index contributed by atoms with van der Waals surface area (Å²) < 4.78 is 40.2. The van der Waals surface area contributed by atoms with E-state index in [1.807, 2.05) is 24.1 Å². The zero-order valence-corrected chi connectivity index (χ0v) is 12.9. The third-order valence-electron chi connectivity index (χ3n) is 5.04. The number of benzene rings is 1. The molecule has 2 atom stereocenters. The molecule has 4 nitrogen and oxygen atoms in total. The minimum Gasteiger partial charge on any atom is -0.369 e. The van der Waals surface area contributed by atoms with Crippen LogP contribution in [0.25, 0.3) is 16.5 Å². The largest absolute Gasteiger partial charge is 0.431 e. The van der Waals surface area contributed by atoms with Crippen LogP contribution in [0.4, 0.5) is 13.2 Å². The Morgan fingerprint density at radius 3 is 2.79 bits per heavy atom. The summed E-state index contributed by atoms with van der Waals surface area (Å²) in [5.41, 5.74) is 7.18. The molecule has 0 saturated carbocycles. The van der Waals surface area contributed by atoms with Crippen molar-refractivity contribution in [2.75, 3.05) is 13.6 Å². The highest BCUT2D eigenvalue weighted by Crippen LogP contribution is 2.45. The Labute approximate surface area is 136 Å². The van der Waals surface area contributed by atoms with Gasteiger partial charge in [-0.15, -0.1) is 0 Å². The molecule has 2 heterocycles. The van der Waals surface area contributed by atoms with Crippen LogP contribution in [0.3, 0.4) is 0 Å². The predicted octanol–water partition coefficient (Wildman–Crippen LogP) is 2.54. The van der Waals surface area contributed by atoms with Gasteiger partial charge in [0, 0.05) is 23.5 Å². The van der Waals surface area contributed by atoms with Crippen molar-refractivity contribution in [3.63, 3.8) is 0 Å². The number of aromatic amines is 1. The van der Waals surface area contributed by atoms with Crippen molar-refractivity contribution in [2.45, 2.75) is 18.6 Å². The van der Waals surface area contributed by atoms with Gasteiger partial charge in [-0.1, -0.05) is 18.2 Å². The molecule has 24 heavy (non-hydrogen) atoms. The highest BCUT2D eigenvalue weighted by Gasteiger charge is 2.42. The van der Waals surface area contributed by atoms with E-state index in [4.69, 9.17) is 5.73 Å². The summed E-state index contributed by atoms with van der Waals surface area (Å²) in [5.74, 6) is -0.852. The predicted molar refractivity (Wildman–Crippen MR) is 84.1 cm³/mol. The maximum absolute atomic E-state index is 13.4. The van der Waals surface area contributed by atoms with E-state index in [1.165, 1.54) is 0 Å². The molecule has 0 radical (unpaired) electrons. The number of fused-ring (bicyclic) bond motifs is 2. The molecule has 2 aromatic rings. The van der Waals surface area contributed by atoms with Gasteiger partial charge < -0.3 is 10.7 Å². The third kappa shape index (κ3) is 2.07. The first kappa shape index (κ1) is 15.3. The Balaban J connectivity index is 1.99. The molecule has 1 aliphatic carbocycles. The smallest absolute Gasteiger partial charge is 0.369 e. The van der Waals surface area contributed by atoms with Crippen LogP contribution in [0.15, 0.2) is 24.3 Å². The number of aromatic nitrogens is 1. The van der Waals surface area contributed by atoms with Crippen LogP contribution in [0, 0.1) is 5.92 Å². The van der Waals surface area contributed by atoms with Crippen LogP contribution in [-0.2, 0) is 17.4 Å². The van der Waals surface area contributed by atoms with E-state index in [1.54, 1.807) is 12.1 Å². The molecule has 126 valence electrons. The summed E-state index contributed by atoms with van der Waals surface area (Å²) >= 11 is 0. The molecular formula is C17H16F3N3O. The van der Waals surface area contributed by atoms with E-state index in [-0.39, 0.29) is 12.5 Å². The van der Waals surface area contributed by atoms with E-state index in [0.717, 1.165) is 11.1 Å². The first-order valence-electron chi connectivity index (χ1n) is 7.69. The number of nitrogens with one attached hydrogen (secondary N) is 1. The van der Waals surface area contributed by atoms with Gasteiger partial charge in [-0.05, 0) is 36.2 Å². The van der Waals surface area contributed by atoms with Gasteiger partial charge in [-0.3, -0.25) is 9.69 Å². The minimum absolute atomic E-state index is 0.185. The number of primary amides is 1. The lowest BCUT2D eigenvalue weighted by atomic mass is 9.79. The molecule has 4 rings (SSSR count). The first-order valence-corrected chi connectivity index (χ1v) is 7.69. The second-order valence-corrected chi connectivity index (χ2v) is 6.49. The second kappa shape index (κ2) is 4.86. The Morgan fingerprint density at radius 1 is 1.38 bits per heavy atom. The number of likely N-dealkylation sites (N-methyl/N-ethyl adjacent to an activating group) is 1. The van der Waals surface area contributed by atoms with Crippen LogP contribution >= 0.6 is 0 Å². The Kier molecular flexibility index (Phi) is 3.09. The van der Waals surface area contributed by atoms with Crippen molar-refractivity contribution in [3.05, 3.63) is 41.1 Å². The highest BCUT2D eigenvalue weighted by molar-refractivity contribution is 6.00. The van der Waals surface area contributed by atoms with E-state index >= 15 is 0 Å². The zero-order valence-electron chi connectivity index (χ0n) is 12.9. The molecule has 0 spiro atoms. The van der Waals surface area contributed by atoms with Crippen molar-refractivity contribution in [1.29, 1.82) is 0 Å². The molecule has 1 amide bonds. The summed E-state index contributed by atoms with van der Waals surface area (Å²) in [4.78, 5) is 16.0. The Bertz CT molecular complexity index is 881. The molecule has 1 aromatic carbocycles. The number of carbonyl (C=O) groups is 1. The summed E-state index contributed by atoms with van der Waals surface area (Å²) in [6.07, 6.45) is -2.33. The van der Waals surface area contributed by atoms with Gasteiger partial charge >= 0.3 is 6.18 Å². The average Bonchev–Trinajstić information content (AvgIpc) is 2.88. The molecule has 0 unspecified atom stereocenters. The number of hydrogen-bond donors (Lipinski definition) is 2. The topological polar surface area (TPSA) is 62.1 Å². The SMILES string of the molecule is CN1C[C@H](C(N)=O)C=C2c3cccc4[nH]c(C(F)(F)F)c(c34)C[C@H]21. The highest BCUT2D eigenvalue weighted by atomic mass is 19.4. The standard InChI is InChI=1S/C17H16F3N3O/c1-23-7-8(16(21)24)5-10-9-3-2-4-12-14(9)11(6-13(10)23)15(22-12)17(18,19)20/h2-5,8,13,22H,6-7H2,1H3,(H2,21,24)/t8-,13-/m1/s1. The molecule has 0 saturated heterocycles. The molecule has 7 heteroatoms. The quantitative estimate of drug-likeness (QED) is 0.841. The summed E-state index contributed by atoms with van der Waals surface area (Å²) in [5, 5.41) is 0.603. The van der Waals surface area contributed by atoms with E-state index < -0.39 is 23.7 Å². The fourth-order valence-electron chi connectivity index (χ4n) is 3.96. The maximum Gasteiger partial charge on any atom is 0.431 e. The normalized spacial score (nSPS) is 23.9. The number of carbonyl (C=O) groups excluding carboxylic acids is 1. The molecule has 3 N–H and O–H groups in total. The van der Waals surface area contributed by atoms with Gasteiger partial charge in [0.05, 0.1) is 5.92 Å². The van der Waals surface area contributed by atoms with E-state index in [0.29, 0.717) is 23.0 Å². The van der Waals surface area contributed by atoms with Gasteiger partial charge in [-0.25, -0.2) is 0 Å². The number of halogens is 3. The summed E-state index contributed by atoms with van der Waals surface area (Å²) in [7, 11) is 1.82. The number of H-pyrrole nitrogens is 1. The van der Waals surface area contributed by atoms with Gasteiger partial charge in [0.15, 0.2) is 0 Å². The number of hydrogen-bond acceptors (Lipinski definition) is 2. The minimum atomic E-state index is -4.42. The van der Waals surface area contributed by atoms with E-state index in [2.05, 4.69) is 4.98 Å². The number of nitrogens with zero attached hydrogens (tertiary/aromatic N) is 1. The fourth-order valence-corrected chi connectivity index (χ4v) is 3.96. The summed E-state index contributed by atoms with van der Waals surface area (Å²) in [6.45, 7) is 0.417. The lowest BCUT2D eigenvalue weighted by Gasteiger charge is -2.39. The van der Waals surface area contributed by atoms with Gasteiger partial charge in [0.25, 0.3) is 0 Å². The molecule has 0 bridgehead atoms. The third-order valence-corrected chi connectivity index (χ3v) is 5.04. The molecular weight excluding hydrogens is 319 g/mol. The van der Waals surface area contributed by atoms with Crippen molar-refractivity contribution in [1.82, 2.24) is 9.88 Å². The number of rotatable bonds is 1. The Hall–Kier alpha value is -2.28. The monoisotopic (exact) mass is 335 g/mol. The van der Waals surface area contributed by atoms with Crippen LogP contribution in [-0.4, -0.2) is 35.4 Å². The van der Waals surface area contributed by atoms with Gasteiger partial charge in [0.2, 0.25) is 5.91 Å². The molecule has 1 aromatic heterocycles. The van der Waals surface area contributed by atoms with Crippen molar-refractivity contribution < 1.29 is 18.0 Å². The van der Waals surface area contributed by atoms with Crippen molar-refractivity contribution in [2.24, 2.45) is 11.7 Å². The van der Waals surface area contributed by atoms with Crippen LogP contribution in [0.2, 0.25) is 0 Å². The van der Waals surface area contributed by atoms with Gasteiger partial charge in [0.1, 0.15) is 5.69 Å². The zero-order chi connectivity index (χ0) is 17.2. The number of nitrogens with two attached hydrogens (primary N) is 1. The van der Waals surface area contributed by atoms with Crippen LogP contribution < -0.4 is 5.73 Å². The maximum atomic E-state index is 13.4. The summed E-state index contributed by atoms with van der Waals surface area (Å²) in [6, 6.07) is 5.01. The second-order valence-electron chi connectivity index (χ2n) is 6.49. The average molecular weight is 335 g/mol. The van der Waals surface area contributed by atoms with Gasteiger partial charge in [-0.2, -0.15) is 13.2 Å². The molecule has 2 aliphatic rings.